The molecule has 164 valence electrons. The molecule has 2 heterocycles. The highest BCUT2D eigenvalue weighted by molar-refractivity contribution is 7.98. The van der Waals surface area contributed by atoms with Gasteiger partial charge in [0.15, 0.2) is 5.16 Å². The number of methoxy groups -OCH3 is 1. The van der Waals surface area contributed by atoms with Crippen molar-refractivity contribution in [2.45, 2.75) is 30.8 Å². The first-order valence-corrected chi connectivity index (χ1v) is 11.6. The summed E-state index contributed by atoms with van der Waals surface area (Å²) in [6.07, 6.45) is 4.55. The summed E-state index contributed by atoms with van der Waals surface area (Å²) in [5.41, 5.74) is 4.93. The third-order valence-corrected chi connectivity index (χ3v) is 6.18. The zero-order valence-electron chi connectivity index (χ0n) is 18.2. The van der Waals surface area contributed by atoms with Crippen LogP contribution in [-0.4, -0.2) is 34.1 Å². The van der Waals surface area contributed by atoms with E-state index in [0.717, 1.165) is 39.7 Å². The van der Waals surface area contributed by atoms with Gasteiger partial charge in [-0.05, 0) is 47.9 Å². The highest BCUT2D eigenvalue weighted by atomic mass is 32.2. The quantitative estimate of drug-likeness (QED) is 0.370. The van der Waals surface area contributed by atoms with E-state index in [9.17, 15) is 4.79 Å². The number of ether oxygens (including phenoxy) is 1. The molecule has 0 atom stereocenters. The lowest BCUT2D eigenvalue weighted by Crippen LogP contribution is -2.23. The number of aromatic nitrogens is 3. The number of imidazole rings is 1. The van der Waals surface area contributed by atoms with Crippen LogP contribution >= 0.6 is 11.8 Å². The first-order chi connectivity index (χ1) is 15.7. The Balaban J connectivity index is 1.51. The maximum Gasteiger partial charge on any atom is 0.251 e. The number of carbonyl (C=O) groups is 1. The van der Waals surface area contributed by atoms with Crippen molar-refractivity contribution in [3.05, 3.63) is 83.7 Å². The van der Waals surface area contributed by atoms with E-state index >= 15 is 0 Å². The fraction of sp³-hybridized carbons (Fsp3) is 0.240. The van der Waals surface area contributed by atoms with Crippen LogP contribution in [0.2, 0.25) is 0 Å². The van der Waals surface area contributed by atoms with Gasteiger partial charge < -0.3 is 14.6 Å². The van der Waals surface area contributed by atoms with E-state index in [-0.39, 0.29) is 5.91 Å². The van der Waals surface area contributed by atoms with E-state index in [4.69, 9.17) is 9.72 Å². The normalized spacial score (nSPS) is 10.9. The van der Waals surface area contributed by atoms with Crippen molar-refractivity contribution in [1.29, 1.82) is 0 Å². The van der Waals surface area contributed by atoms with Crippen molar-refractivity contribution < 1.29 is 9.53 Å². The summed E-state index contributed by atoms with van der Waals surface area (Å²) in [5.74, 6) is 1.57. The summed E-state index contributed by atoms with van der Waals surface area (Å²) in [5, 5.41) is 3.85. The molecule has 0 spiro atoms. The molecular weight excluding hydrogens is 420 g/mol. The van der Waals surface area contributed by atoms with Crippen LogP contribution in [0.25, 0.3) is 11.0 Å². The summed E-state index contributed by atoms with van der Waals surface area (Å²) >= 11 is 1.68. The number of hydrogen-bond donors (Lipinski definition) is 1. The third kappa shape index (κ3) is 5.11. The molecule has 0 saturated carbocycles. The minimum absolute atomic E-state index is 0.0279. The second-order valence-electron chi connectivity index (χ2n) is 7.43. The maximum atomic E-state index is 12.1. The van der Waals surface area contributed by atoms with Crippen LogP contribution in [0.15, 0.2) is 72.1 Å². The Hall–Kier alpha value is -3.32. The zero-order valence-corrected chi connectivity index (χ0v) is 19.1. The molecule has 0 unspecified atom stereocenters. The smallest absolute Gasteiger partial charge is 0.251 e. The molecule has 0 aliphatic carbocycles. The number of benzene rings is 2. The van der Waals surface area contributed by atoms with Crippen molar-refractivity contribution in [2.75, 3.05) is 13.7 Å². The lowest BCUT2D eigenvalue weighted by Gasteiger charge is -2.10. The van der Waals surface area contributed by atoms with Crippen molar-refractivity contribution in [3.8, 4) is 5.75 Å². The van der Waals surface area contributed by atoms with E-state index in [1.807, 2.05) is 55.6 Å². The van der Waals surface area contributed by atoms with Gasteiger partial charge in [-0.3, -0.25) is 9.78 Å². The van der Waals surface area contributed by atoms with E-state index in [1.54, 1.807) is 25.1 Å². The minimum atomic E-state index is -0.0279. The zero-order chi connectivity index (χ0) is 22.3. The number of amides is 1. The molecule has 0 bridgehead atoms. The standard InChI is InChI=1S/C25H26N4O2S/c1-3-13-27-24(30)20-8-4-19(5-9-20)17-32-25-28-22-12-14-26-15-23(22)29(25)16-18-6-10-21(31-2)11-7-18/h4-12,14-15H,3,13,16-17H2,1-2H3,(H,27,30). The largest absolute Gasteiger partial charge is 0.497 e. The van der Waals surface area contributed by atoms with Crippen LogP contribution in [0, 0.1) is 0 Å². The number of nitrogens with zero attached hydrogens (tertiary/aromatic N) is 3. The Morgan fingerprint density at radius 2 is 1.81 bits per heavy atom. The molecule has 0 aliphatic rings. The maximum absolute atomic E-state index is 12.1. The van der Waals surface area contributed by atoms with Gasteiger partial charge in [0.1, 0.15) is 5.75 Å². The van der Waals surface area contributed by atoms with E-state index in [2.05, 4.69) is 27.0 Å². The number of nitrogens with one attached hydrogen (secondary N) is 1. The van der Waals surface area contributed by atoms with Crippen molar-refractivity contribution >= 4 is 28.7 Å². The van der Waals surface area contributed by atoms with Gasteiger partial charge in [0.2, 0.25) is 0 Å². The van der Waals surface area contributed by atoms with Crippen molar-refractivity contribution in [2.24, 2.45) is 0 Å². The Morgan fingerprint density at radius 1 is 1.06 bits per heavy atom. The van der Waals surface area contributed by atoms with Gasteiger partial charge in [-0.2, -0.15) is 0 Å². The molecule has 32 heavy (non-hydrogen) atoms. The predicted molar refractivity (Wildman–Crippen MR) is 128 cm³/mol. The van der Waals surface area contributed by atoms with Gasteiger partial charge in [0.05, 0.1) is 30.9 Å². The Kier molecular flexibility index (Phi) is 7.07. The molecule has 0 radical (unpaired) electrons. The second kappa shape index (κ2) is 10.3. The number of carbonyl (C=O) groups excluding carboxylic acids is 1. The van der Waals surface area contributed by atoms with Crippen LogP contribution in [0.1, 0.15) is 34.8 Å². The van der Waals surface area contributed by atoms with E-state index in [1.165, 1.54) is 5.56 Å². The third-order valence-electron chi connectivity index (χ3n) is 5.13. The average Bonchev–Trinajstić information content (AvgIpc) is 3.19. The molecule has 1 amide bonds. The summed E-state index contributed by atoms with van der Waals surface area (Å²) in [7, 11) is 1.67. The molecule has 4 rings (SSSR count). The van der Waals surface area contributed by atoms with Crippen LogP contribution in [0.4, 0.5) is 0 Å². The summed E-state index contributed by atoms with van der Waals surface area (Å²) in [6, 6.07) is 17.8. The summed E-state index contributed by atoms with van der Waals surface area (Å²) in [4.78, 5) is 21.2. The fourth-order valence-corrected chi connectivity index (χ4v) is 4.33. The Bertz CT molecular complexity index is 1190. The molecule has 6 nitrogen and oxygen atoms in total. The Morgan fingerprint density at radius 3 is 2.53 bits per heavy atom. The minimum Gasteiger partial charge on any atom is -0.497 e. The number of fused-ring (bicyclic) bond motifs is 1. The molecule has 1 N–H and O–H groups in total. The number of hydrogen-bond acceptors (Lipinski definition) is 5. The highest BCUT2D eigenvalue weighted by Gasteiger charge is 2.13. The first-order valence-electron chi connectivity index (χ1n) is 10.6. The molecular formula is C25H26N4O2S. The van der Waals surface area contributed by atoms with E-state index < -0.39 is 0 Å². The molecule has 2 aromatic carbocycles. The van der Waals surface area contributed by atoms with Gasteiger partial charge in [0.25, 0.3) is 5.91 Å². The fourth-order valence-electron chi connectivity index (χ4n) is 3.37. The van der Waals surface area contributed by atoms with Crippen LogP contribution in [-0.2, 0) is 12.3 Å². The van der Waals surface area contributed by atoms with Gasteiger partial charge >= 0.3 is 0 Å². The molecule has 0 saturated heterocycles. The van der Waals surface area contributed by atoms with Gasteiger partial charge in [0, 0.05) is 24.1 Å². The molecule has 0 aliphatic heterocycles. The predicted octanol–water partition coefficient (Wildman–Crippen LogP) is 4.92. The number of rotatable bonds is 9. The van der Waals surface area contributed by atoms with Gasteiger partial charge in [-0.15, -0.1) is 0 Å². The topological polar surface area (TPSA) is 69.0 Å². The average molecular weight is 447 g/mol. The van der Waals surface area contributed by atoms with Crippen molar-refractivity contribution in [1.82, 2.24) is 19.9 Å². The van der Waals surface area contributed by atoms with Gasteiger partial charge in [-0.1, -0.05) is 43.0 Å². The van der Waals surface area contributed by atoms with Crippen LogP contribution in [0.3, 0.4) is 0 Å². The second-order valence-corrected chi connectivity index (χ2v) is 8.38. The summed E-state index contributed by atoms with van der Waals surface area (Å²) in [6.45, 7) is 3.43. The SMILES string of the molecule is CCCNC(=O)c1ccc(CSc2nc3ccncc3n2Cc2ccc(OC)cc2)cc1. The molecule has 7 heteroatoms. The van der Waals surface area contributed by atoms with Crippen LogP contribution < -0.4 is 10.1 Å². The molecule has 4 aromatic rings. The van der Waals surface area contributed by atoms with Crippen molar-refractivity contribution in [3.63, 3.8) is 0 Å². The molecule has 2 aromatic heterocycles. The Labute approximate surface area is 192 Å². The lowest BCUT2D eigenvalue weighted by molar-refractivity contribution is 0.0953. The summed E-state index contributed by atoms with van der Waals surface area (Å²) < 4.78 is 7.47. The number of thioether (sulfide) groups is 1. The number of pyridine rings is 1. The van der Waals surface area contributed by atoms with Gasteiger partial charge in [-0.25, -0.2) is 4.98 Å². The lowest BCUT2D eigenvalue weighted by atomic mass is 10.1. The van der Waals surface area contributed by atoms with Crippen LogP contribution in [0.5, 0.6) is 5.75 Å². The monoisotopic (exact) mass is 446 g/mol. The van der Waals surface area contributed by atoms with E-state index in [0.29, 0.717) is 18.7 Å². The highest BCUT2D eigenvalue weighted by Crippen LogP contribution is 2.28. The molecule has 0 fully saturated rings. The first kappa shape index (κ1) is 21.9.